The van der Waals surface area contributed by atoms with Crippen molar-refractivity contribution in [2.45, 2.75) is 43.9 Å². The van der Waals surface area contributed by atoms with Gasteiger partial charge in [0.2, 0.25) is 5.90 Å². The van der Waals surface area contributed by atoms with Gasteiger partial charge in [0.25, 0.3) is 9.84 Å². The summed E-state index contributed by atoms with van der Waals surface area (Å²) in [5.41, 5.74) is -1.97. The van der Waals surface area contributed by atoms with E-state index in [1.807, 2.05) is 0 Å². The van der Waals surface area contributed by atoms with E-state index in [0.29, 0.717) is 7.05 Å². The van der Waals surface area contributed by atoms with Crippen LogP contribution in [0.15, 0.2) is 21.4 Å². The molecule has 0 aromatic heterocycles. The van der Waals surface area contributed by atoms with Crippen LogP contribution in [0.25, 0.3) is 0 Å². The van der Waals surface area contributed by atoms with Gasteiger partial charge in [0.15, 0.2) is 5.04 Å². The zero-order valence-corrected chi connectivity index (χ0v) is 14.8. The zero-order chi connectivity index (χ0) is 21.4. The van der Waals surface area contributed by atoms with Gasteiger partial charge in [0.1, 0.15) is 16.9 Å². The van der Waals surface area contributed by atoms with E-state index in [4.69, 9.17) is 0 Å². The van der Waals surface area contributed by atoms with Crippen LogP contribution in [-0.4, -0.2) is 50.1 Å². The van der Waals surface area contributed by atoms with Crippen molar-refractivity contribution in [3.05, 3.63) is 11.3 Å². The summed E-state index contributed by atoms with van der Waals surface area (Å²) < 4.78 is 121. The molecule has 0 atom stereocenters. The Balaban J connectivity index is 3.67. The Kier molecular flexibility index (Phi) is 6.10. The van der Waals surface area contributed by atoms with Gasteiger partial charge in [-0.2, -0.15) is 30.7 Å². The predicted molar refractivity (Wildman–Crippen MR) is 78.8 cm³/mol. The van der Waals surface area contributed by atoms with Gasteiger partial charge in [-0.3, -0.25) is 4.99 Å². The second-order valence-corrected chi connectivity index (χ2v) is 7.72. The minimum Gasteiger partial charge on any atom is -0.417 e. The standard InChI is InChI=1S/C12H14F7N3O4S/c1-10(2)4-5(22-26-10)27(23,24)12(18,19)6(7(20)11(15,16)17)8(21-3)25-9(13)14/h9H,4,20H2,1-3H3/b7-6+,21-8?. The van der Waals surface area contributed by atoms with Crippen molar-refractivity contribution in [3.63, 3.8) is 0 Å². The molecule has 7 nitrogen and oxygen atoms in total. The van der Waals surface area contributed by atoms with Gasteiger partial charge in [0, 0.05) is 13.5 Å². The average molecular weight is 429 g/mol. The minimum absolute atomic E-state index is 0.531. The number of hydrogen-bond acceptors (Lipinski definition) is 7. The van der Waals surface area contributed by atoms with Crippen LogP contribution < -0.4 is 5.73 Å². The first-order valence-electron chi connectivity index (χ1n) is 6.84. The molecule has 0 bridgehead atoms. The summed E-state index contributed by atoms with van der Waals surface area (Å²) in [5.74, 6) is -1.99. The van der Waals surface area contributed by atoms with Crippen LogP contribution in [0.3, 0.4) is 0 Å². The largest absolute Gasteiger partial charge is 0.431 e. The Morgan fingerprint density at radius 2 is 1.81 bits per heavy atom. The molecule has 0 aliphatic carbocycles. The smallest absolute Gasteiger partial charge is 0.417 e. The highest BCUT2D eigenvalue weighted by molar-refractivity contribution is 8.07. The molecule has 0 saturated carbocycles. The van der Waals surface area contributed by atoms with Crippen molar-refractivity contribution in [2.75, 3.05) is 7.05 Å². The first-order chi connectivity index (χ1) is 12.0. The zero-order valence-electron chi connectivity index (χ0n) is 13.9. The molecule has 1 rings (SSSR count). The Labute approximate surface area is 148 Å². The molecule has 15 heteroatoms. The monoisotopic (exact) mass is 429 g/mol. The Morgan fingerprint density at radius 3 is 2.15 bits per heavy atom. The predicted octanol–water partition coefficient (Wildman–Crippen LogP) is 2.55. The van der Waals surface area contributed by atoms with E-state index in [2.05, 4.69) is 25.5 Å². The van der Waals surface area contributed by atoms with Crippen LogP contribution in [0, 0.1) is 0 Å². The molecule has 0 unspecified atom stereocenters. The first kappa shape index (κ1) is 23.0. The second-order valence-electron chi connectivity index (χ2n) is 5.73. The summed E-state index contributed by atoms with van der Waals surface area (Å²) in [4.78, 5) is 7.38. The number of sulfone groups is 1. The van der Waals surface area contributed by atoms with Crippen molar-refractivity contribution in [3.8, 4) is 0 Å². The normalized spacial score (nSPS) is 19.5. The molecule has 0 spiro atoms. The van der Waals surface area contributed by atoms with Crippen LogP contribution in [0.5, 0.6) is 0 Å². The lowest BCUT2D eigenvalue weighted by molar-refractivity contribution is -0.0961. The number of rotatable bonds is 4. The topological polar surface area (TPSA) is 103 Å². The molecule has 2 N–H and O–H groups in total. The van der Waals surface area contributed by atoms with Gasteiger partial charge in [0.05, 0.1) is 0 Å². The fourth-order valence-corrected chi connectivity index (χ4v) is 3.31. The summed E-state index contributed by atoms with van der Waals surface area (Å²) >= 11 is 0. The maximum Gasteiger partial charge on any atom is 0.431 e. The molecule has 0 aromatic rings. The third-order valence-electron chi connectivity index (χ3n) is 3.10. The minimum atomic E-state index is -5.96. The number of hydrogen-bond donors (Lipinski definition) is 1. The Bertz CT molecular complexity index is 785. The fourth-order valence-electron chi connectivity index (χ4n) is 1.88. The first-order valence-corrected chi connectivity index (χ1v) is 8.32. The summed E-state index contributed by atoms with van der Waals surface area (Å²) in [6.45, 7) is -1.34. The molecule has 27 heavy (non-hydrogen) atoms. The number of halogens is 7. The molecule has 0 amide bonds. The van der Waals surface area contributed by atoms with Gasteiger partial charge >= 0.3 is 18.0 Å². The van der Waals surface area contributed by atoms with E-state index in [9.17, 15) is 39.2 Å². The number of allylic oxidation sites excluding steroid dienone is 1. The molecule has 0 fully saturated rings. The molecule has 0 saturated heterocycles. The quantitative estimate of drug-likeness (QED) is 0.420. The van der Waals surface area contributed by atoms with Crippen LogP contribution in [-0.2, 0) is 19.4 Å². The fraction of sp³-hybridized carbons (Fsp3) is 0.667. The van der Waals surface area contributed by atoms with E-state index in [-0.39, 0.29) is 0 Å². The number of alkyl halides is 7. The lowest BCUT2D eigenvalue weighted by Crippen LogP contribution is -2.43. The van der Waals surface area contributed by atoms with Crippen molar-refractivity contribution in [2.24, 2.45) is 15.9 Å². The molecule has 1 aliphatic heterocycles. The molecular weight excluding hydrogens is 415 g/mol. The van der Waals surface area contributed by atoms with E-state index >= 15 is 0 Å². The summed E-state index contributed by atoms with van der Waals surface area (Å²) in [5, 5.41) is -3.80. The Hall–Kier alpha value is -2.06. The van der Waals surface area contributed by atoms with Crippen LogP contribution in [0.2, 0.25) is 0 Å². The van der Waals surface area contributed by atoms with Gasteiger partial charge in [-0.25, -0.2) is 8.42 Å². The highest BCUT2D eigenvalue weighted by Gasteiger charge is 2.59. The van der Waals surface area contributed by atoms with Crippen molar-refractivity contribution in [1.29, 1.82) is 0 Å². The molecule has 1 heterocycles. The highest BCUT2D eigenvalue weighted by Crippen LogP contribution is 2.41. The van der Waals surface area contributed by atoms with E-state index in [0.717, 1.165) is 0 Å². The lowest BCUT2D eigenvalue weighted by atomic mass is 10.1. The van der Waals surface area contributed by atoms with E-state index < -0.39 is 62.1 Å². The van der Waals surface area contributed by atoms with Gasteiger partial charge in [-0.05, 0) is 13.8 Å². The third kappa shape index (κ3) is 4.62. The van der Waals surface area contributed by atoms with Gasteiger partial charge in [-0.15, -0.1) is 0 Å². The van der Waals surface area contributed by atoms with Crippen molar-refractivity contribution < 1.29 is 48.7 Å². The average Bonchev–Trinajstić information content (AvgIpc) is 2.85. The third-order valence-corrected chi connectivity index (χ3v) is 4.82. The van der Waals surface area contributed by atoms with Crippen LogP contribution in [0.1, 0.15) is 20.3 Å². The number of oxime groups is 1. The van der Waals surface area contributed by atoms with E-state index in [1.54, 1.807) is 0 Å². The molecule has 0 radical (unpaired) electrons. The van der Waals surface area contributed by atoms with Crippen molar-refractivity contribution >= 4 is 20.8 Å². The SMILES string of the molecule is CN=C(OC(F)F)/C(=C(\N)C(F)(F)F)C(F)(F)S(=O)(=O)C1=NOC(C)(C)C1. The van der Waals surface area contributed by atoms with Gasteiger partial charge in [-0.1, -0.05) is 5.16 Å². The maximum absolute atomic E-state index is 14.7. The Morgan fingerprint density at radius 1 is 1.30 bits per heavy atom. The summed E-state index contributed by atoms with van der Waals surface area (Å²) in [7, 11) is -5.43. The van der Waals surface area contributed by atoms with Crippen LogP contribution in [0.4, 0.5) is 30.7 Å². The van der Waals surface area contributed by atoms with Crippen molar-refractivity contribution in [1.82, 2.24) is 0 Å². The number of nitrogens with two attached hydrogens (primary N) is 1. The summed E-state index contributed by atoms with van der Waals surface area (Å²) in [6.07, 6.45) is -6.42. The van der Waals surface area contributed by atoms with Gasteiger partial charge < -0.3 is 15.3 Å². The second kappa shape index (κ2) is 7.16. The number of ether oxygens (including phenoxy) is 1. The lowest BCUT2D eigenvalue weighted by Gasteiger charge is -2.23. The van der Waals surface area contributed by atoms with E-state index in [1.165, 1.54) is 13.8 Å². The molecule has 156 valence electrons. The number of aliphatic imine (C=N–C) groups is 1. The molecule has 1 aliphatic rings. The highest BCUT2D eigenvalue weighted by atomic mass is 32.2. The van der Waals surface area contributed by atoms with Crippen LogP contribution >= 0.6 is 0 Å². The molecular formula is C12H14F7N3O4S. The maximum atomic E-state index is 14.7. The summed E-state index contributed by atoms with van der Waals surface area (Å²) in [6, 6.07) is 0. The number of nitrogens with zero attached hydrogens (tertiary/aromatic N) is 2. The molecule has 0 aromatic carbocycles.